The summed E-state index contributed by atoms with van der Waals surface area (Å²) in [4.78, 5) is 27.1. The first-order chi connectivity index (χ1) is 13.1. The second-order valence-corrected chi connectivity index (χ2v) is 5.93. The van der Waals surface area contributed by atoms with Crippen molar-refractivity contribution in [3.63, 3.8) is 0 Å². The topological polar surface area (TPSA) is 92.5 Å². The van der Waals surface area contributed by atoms with E-state index in [0.717, 1.165) is 16.5 Å². The summed E-state index contributed by atoms with van der Waals surface area (Å²) in [6.45, 7) is 0.331. The van der Waals surface area contributed by atoms with Crippen molar-refractivity contribution in [1.29, 1.82) is 0 Å². The summed E-state index contributed by atoms with van der Waals surface area (Å²) < 4.78 is 10.4. The zero-order valence-electron chi connectivity index (χ0n) is 15.2. The minimum atomic E-state index is -0.701. The third-order valence-corrected chi connectivity index (χ3v) is 4.17. The van der Waals surface area contributed by atoms with Gasteiger partial charge in [-0.3, -0.25) is 9.59 Å². The minimum absolute atomic E-state index is 0.331. The van der Waals surface area contributed by atoms with E-state index in [0.29, 0.717) is 30.2 Å². The van der Waals surface area contributed by atoms with Gasteiger partial charge in [0.05, 0.1) is 14.2 Å². The monoisotopic (exact) mass is 367 g/mol. The van der Waals surface area contributed by atoms with E-state index in [-0.39, 0.29) is 0 Å². The largest absolute Gasteiger partial charge is 0.493 e. The summed E-state index contributed by atoms with van der Waals surface area (Å²) in [6, 6.07) is 12.9. The molecule has 0 unspecified atom stereocenters. The van der Waals surface area contributed by atoms with Crippen molar-refractivity contribution in [3.8, 4) is 11.5 Å². The molecule has 2 amide bonds. The number of fused-ring (bicyclic) bond motifs is 1. The van der Waals surface area contributed by atoms with Gasteiger partial charge < -0.3 is 25.1 Å². The molecule has 7 nitrogen and oxygen atoms in total. The van der Waals surface area contributed by atoms with Gasteiger partial charge in [0, 0.05) is 23.9 Å². The van der Waals surface area contributed by atoms with Gasteiger partial charge in [0.1, 0.15) is 0 Å². The molecule has 1 aromatic heterocycles. The number of hydrogen-bond acceptors (Lipinski definition) is 4. The SMILES string of the molecule is COc1ccc(CCNC(=O)C(=O)Nc2ccc3cc[nH]c3c2)cc1OC. The van der Waals surface area contributed by atoms with Crippen molar-refractivity contribution in [1.82, 2.24) is 10.3 Å². The Bertz CT molecular complexity index is 965. The average molecular weight is 367 g/mol. The maximum Gasteiger partial charge on any atom is 0.313 e. The normalized spacial score (nSPS) is 10.4. The Morgan fingerprint density at radius 1 is 0.963 bits per heavy atom. The number of amides is 2. The fraction of sp³-hybridized carbons (Fsp3) is 0.200. The summed E-state index contributed by atoms with van der Waals surface area (Å²) in [7, 11) is 3.14. The Morgan fingerprint density at radius 3 is 2.56 bits per heavy atom. The van der Waals surface area contributed by atoms with Crippen molar-refractivity contribution in [2.75, 3.05) is 26.1 Å². The molecule has 7 heteroatoms. The number of methoxy groups -OCH3 is 2. The van der Waals surface area contributed by atoms with Crippen LogP contribution >= 0.6 is 0 Å². The standard InChI is InChI=1S/C20H21N3O4/c1-26-17-6-3-13(11-18(17)27-2)7-9-22-19(24)20(25)23-15-5-4-14-8-10-21-16(14)12-15/h3-6,8,10-12,21H,7,9H2,1-2H3,(H,22,24)(H,23,25). The van der Waals surface area contributed by atoms with Gasteiger partial charge in [-0.05, 0) is 47.7 Å². The number of ether oxygens (including phenoxy) is 2. The number of aromatic nitrogens is 1. The van der Waals surface area contributed by atoms with Gasteiger partial charge in [-0.2, -0.15) is 0 Å². The molecule has 2 aromatic carbocycles. The molecule has 0 aliphatic carbocycles. The van der Waals surface area contributed by atoms with Crippen molar-refractivity contribution >= 4 is 28.4 Å². The van der Waals surface area contributed by atoms with Crippen LogP contribution in [0.3, 0.4) is 0 Å². The number of nitrogens with one attached hydrogen (secondary N) is 3. The Hall–Kier alpha value is -3.48. The predicted molar refractivity (Wildman–Crippen MR) is 103 cm³/mol. The van der Waals surface area contributed by atoms with Gasteiger partial charge in [-0.1, -0.05) is 12.1 Å². The first kappa shape index (κ1) is 18.3. The zero-order valence-corrected chi connectivity index (χ0v) is 15.2. The van der Waals surface area contributed by atoms with Crippen LogP contribution in [0.25, 0.3) is 10.9 Å². The van der Waals surface area contributed by atoms with E-state index in [2.05, 4.69) is 15.6 Å². The summed E-state index contributed by atoms with van der Waals surface area (Å²) in [5.41, 5.74) is 2.41. The van der Waals surface area contributed by atoms with E-state index in [1.54, 1.807) is 32.4 Å². The molecule has 0 bridgehead atoms. The molecule has 0 spiro atoms. The van der Waals surface area contributed by atoms with E-state index in [1.807, 2.05) is 30.5 Å². The quantitative estimate of drug-likeness (QED) is 0.584. The lowest BCUT2D eigenvalue weighted by Gasteiger charge is -2.10. The Kier molecular flexibility index (Phi) is 5.61. The molecule has 1 heterocycles. The maximum absolute atomic E-state index is 12.0. The van der Waals surface area contributed by atoms with Crippen LogP contribution in [0, 0.1) is 0 Å². The smallest absolute Gasteiger partial charge is 0.313 e. The Labute approximate surface area is 156 Å². The van der Waals surface area contributed by atoms with Gasteiger partial charge in [-0.25, -0.2) is 0 Å². The second kappa shape index (κ2) is 8.27. The summed E-state index contributed by atoms with van der Waals surface area (Å²) in [5, 5.41) is 6.25. The Balaban J connectivity index is 1.52. The van der Waals surface area contributed by atoms with E-state index in [1.165, 1.54) is 0 Å². The number of anilines is 1. The molecule has 140 valence electrons. The van der Waals surface area contributed by atoms with Gasteiger partial charge in [0.25, 0.3) is 0 Å². The van der Waals surface area contributed by atoms with Crippen LogP contribution in [0.4, 0.5) is 5.69 Å². The van der Waals surface area contributed by atoms with Gasteiger partial charge >= 0.3 is 11.8 Å². The zero-order chi connectivity index (χ0) is 19.2. The maximum atomic E-state index is 12.0. The van der Waals surface area contributed by atoms with Gasteiger partial charge in [0.2, 0.25) is 0 Å². The van der Waals surface area contributed by atoms with E-state index in [9.17, 15) is 9.59 Å². The molecule has 0 fully saturated rings. The minimum Gasteiger partial charge on any atom is -0.493 e. The molecule has 3 aromatic rings. The highest BCUT2D eigenvalue weighted by molar-refractivity contribution is 6.39. The number of H-pyrrole nitrogens is 1. The highest BCUT2D eigenvalue weighted by atomic mass is 16.5. The molecule has 0 saturated carbocycles. The molecule has 3 N–H and O–H groups in total. The number of carbonyl (C=O) groups is 2. The third kappa shape index (κ3) is 4.38. The molecule has 0 aliphatic heterocycles. The lowest BCUT2D eigenvalue weighted by atomic mass is 10.1. The first-order valence-corrected chi connectivity index (χ1v) is 8.48. The van der Waals surface area contributed by atoms with E-state index in [4.69, 9.17) is 9.47 Å². The van der Waals surface area contributed by atoms with Crippen LogP contribution in [0.1, 0.15) is 5.56 Å². The van der Waals surface area contributed by atoms with Crippen molar-refractivity contribution in [2.45, 2.75) is 6.42 Å². The third-order valence-electron chi connectivity index (χ3n) is 4.17. The first-order valence-electron chi connectivity index (χ1n) is 8.48. The summed E-state index contributed by atoms with van der Waals surface area (Å²) in [6.07, 6.45) is 2.38. The highest BCUT2D eigenvalue weighted by Crippen LogP contribution is 2.27. The van der Waals surface area contributed by atoms with Gasteiger partial charge in [-0.15, -0.1) is 0 Å². The fourth-order valence-corrected chi connectivity index (χ4v) is 2.75. The fourth-order valence-electron chi connectivity index (χ4n) is 2.75. The van der Waals surface area contributed by atoms with Crippen LogP contribution in [0.15, 0.2) is 48.7 Å². The second-order valence-electron chi connectivity index (χ2n) is 5.93. The van der Waals surface area contributed by atoms with Crippen LogP contribution < -0.4 is 20.1 Å². The van der Waals surface area contributed by atoms with Crippen LogP contribution in [-0.4, -0.2) is 37.6 Å². The molecular formula is C20H21N3O4. The molecule has 0 radical (unpaired) electrons. The van der Waals surface area contributed by atoms with Crippen molar-refractivity contribution < 1.29 is 19.1 Å². The number of rotatable bonds is 6. The van der Waals surface area contributed by atoms with Crippen LogP contribution in [-0.2, 0) is 16.0 Å². The van der Waals surface area contributed by atoms with Crippen molar-refractivity contribution in [3.05, 3.63) is 54.2 Å². The summed E-state index contributed by atoms with van der Waals surface area (Å²) in [5.74, 6) is -0.113. The molecule has 27 heavy (non-hydrogen) atoms. The molecule has 0 atom stereocenters. The number of carbonyl (C=O) groups excluding carboxylic acids is 2. The number of benzene rings is 2. The van der Waals surface area contributed by atoms with E-state index < -0.39 is 11.8 Å². The summed E-state index contributed by atoms with van der Waals surface area (Å²) >= 11 is 0. The molecule has 0 aliphatic rings. The molecular weight excluding hydrogens is 346 g/mol. The van der Waals surface area contributed by atoms with Gasteiger partial charge in [0.15, 0.2) is 11.5 Å². The van der Waals surface area contributed by atoms with E-state index >= 15 is 0 Å². The lowest BCUT2D eigenvalue weighted by Crippen LogP contribution is -2.36. The number of aromatic amines is 1. The average Bonchev–Trinajstić information content (AvgIpc) is 3.15. The highest BCUT2D eigenvalue weighted by Gasteiger charge is 2.13. The lowest BCUT2D eigenvalue weighted by molar-refractivity contribution is -0.136. The van der Waals surface area contributed by atoms with Crippen LogP contribution in [0.2, 0.25) is 0 Å². The number of hydrogen-bond donors (Lipinski definition) is 3. The van der Waals surface area contributed by atoms with Crippen molar-refractivity contribution in [2.24, 2.45) is 0 Å². The molecule has 3 rings (SSSR count). The van der Waals surface area contributed by atoms with Crippen LogP contribution in [0.5, 0.6) is 11.5 Å². The predicted octanol–water partition coefficient (Wildman–Crippen LogP) is 2.48. The molecule has 0 saturated heterocycles. The Morgan fingerprint density at radius 2 is 1.78 bits per heavy atom.